The average molecular weight is 470 g/mol. The lowest BCUT2D eigenvalue weighted by Crippen LogP contribution is -2.56. The van der Waals surface area contributed by atoms with Gasteiger partial charge < -0.3 is 31.3 Å². The average Bonchev–Trinajstić information content (AvgIpc) is 3.21. The standard InChI is InChI=1S/C21H35N5O7/c1-11(2)17(20(32)23-10-16(29)30)25-15(28)9-22-19(31)14-7-6-8-26(14)21(33)18(12(3)4)24-13(5)27/h11-12,14,17-18H,6-10H2,1-5H3,(H,22,31)(H,23,32)(H,24,27)(H,25,28)(H,29,30)/t14-,17-,18-/m0/s1. The van der Waals surface area contributed by atoms with Crippen LogP contribution in [0.2, 0.25) is 0 Å². The SMILES string of the molecule is CC(=O)N[C@H](C(=O)N1CCC[C@H]1C(=O)NCC(=O)N[C@H](C(=O)NCC(=O)O)C(C)C)C(C)C. The molecule has 5 amide bonds. The number of likely N-dealkylation sites (tertiary alicyclic amines) is 1. The van der Waals surface area contributed by atoms with E-state index in [1.54, 1.807) is 27.7 Å². The predicted octanol–water partition coefficient (Wildman–Crippen LogP) is -1.40. The van der Waals surface area contributed by atoms with E-state index >= 15 is 0 Å². The van der Waals surface area contributed by atoms with Crippen LogP contribution < -0.4 is 21.3 Å². The quantitative estimate of drug-likeness (QED) is 0.247. The Labute approximate surface area is 193 Å². The first-order chi connectivity index (χ1) is 15.3. The minimum absolute atomic E-state index is 0.170. The van der Waals surface area contributed by atoms with Crippen LogP contribution in [0.4, 0.5) is 0 Å². The van der Waals surface area contributed by atoms with E-state index in [1.807, 2.05) is 0 Å². The lowest BCUT2D eigenvalue weighted by atomic mass is 10.0. The van der Waals surface area contributed by atoms with Crippen LogP contribution in [0.1, 0.15) is 47.5 Å². The zero-order chi connectivity index (χ0) is 25.3. The van der Waals surface area contributed by atoms with Crippen LogP contribution in [0.3, 0.4) is 0 Å². The van der Waals surface area contributed by atoms with E-state index in [4.69, 9.17) is 5.11 Å². The summed E-state index contributed by atoms with van der Waals surface area (Å²) < 4.78 is 0. The molecule has 1 fully saturated rings. The van der Waals surface area contributed by atoms with Gasteiger partial charge >= 0.3 is 5.97 Å². The van der Waals surface area contributed by atoms with Gasteiger partial charge in [-0.05, 0) is 24.7 Å². The number of carbonyl (C=O) groups is 6. The van der Waals surface area contributed by atoms with Crippen molar-refractivity contribution in [2.24, 2.45) is 11.8 Å². The van der Waals surface area contributed by atoms with Gasteiger partial charge in [0, 0.05) is 13.5 Å². The summed E-state index contributed by atoms with van der Waals surface area (Å²) in [5, 5.41) is 18.5. The van der Waals surface area contributed by atoms with Crippen LogP contribution in [-0.2, 0) is 28.8 Å². The molecule has 1 aliphatic rings. The Kier molecular flexibility index (Phi) is 10.8. The summed E-state index contributed by atoms with van der Waals surface area (Å²) in [6, 6.07) is -2.49. The molecule has 0 aliphatic carbocycles. The van der Waals surface area contributed by atoms with E-state index in [0.29, 0.717) is 19.4 Å². The second kappa shape index (κ2) is 12.8. The van der Waals surface area contributed by atoms with E-state index in [1.165, 1.54) is 11.8 Å². The molecule has 1 heterocycles. The van der Waals surface area contributed by atoms with Crippen LogP contribution >= 0.6 is 0 Å². The zero-order valence-electron chi connectivity index (χ0n) is 19.8. The summed E-state index contributed by atoms with van der Waals surface area (Å²) in [6.07, 6.45) is 1.04. The van der Waals surface area contributed by atoms with Crippen molar-refractivity contribution in [2.75, 3.05) is 19.6 Å². The second-order valence-corrected chi connectivity index (χ2v) is 8.73. The number of aliphatic carboxylic acids is 1. The fourth-order valence-corrected chi connectivity index (χ4v) is 3.53. The van der Waals surface area contributed by atoms with E-state index in [-0.39, 0.29) is 23.7 Å². The Hall–Kier alpha value is -3.18. The van der Waals surface area contributed by atoms with Crippen molar-refractivity contribution in [3.63, 3.8) is 0 Å². The molecule has 1 aliphatic heterocycles. The molecular formula is C21H35N5O7. The second-order valence-electron chi connectivity index (χ2n) is 8.73. The predicted molar refractivity (Wildman–Crippen MR) is 118 cm³/mol. The fourth-order valence-electron chi connectivity index (χ4n) is 3.53. The Morgan fingerprint density at radius 2 is 1.52 bits per heavy atom. The van der Waals surface area contributed by atoms with Gasteiger partial charge in [0.25, 0.3) is 0 Å². The highest BCUT2D eigenvalue weighted by molar-refractivity contribution is 5.95. The van der Waals surface area contributed by atoms with Gasteiger partial charge in [-0.3, -0.25) is 28.8 Å². The maximum Gasteiger partial charge on any atom is 0.322 e. The molecule has 0 radical (unpaired) electrons. The molecule has 0 bridgehead atoms. The normalized spacial score (nSPS) is 17.3. The van der Waals surface area contributed by atoms with Crippen molar-refractivity contribution >= 4 is 35.5 Å². The highest BCUT2D eigenvalue weighted by Gasteiger charge is 2.38. The third kappa shape index (κ3) is 8.70. The van der Waals surface area contributed by atoms with Gasteiger partial charge in [-0.2, -0.15) is 0 Å². The highest BCUT2D eigenvalue weighted by Crippen LogP contribution is 2.20. The molecule has 0 aromatic heterocycles. The molecule has 0 aromatic carbocycles. The summed E-state index contributed by atoms with van der Waals surface area (Å²) in [7, 11) is 0. The monoisotopic (exact) mass is 469 g/mol. The lowest BCUT2D eigenvalue weighted by Gasteiger charge is -2.30. The van der Waals surface area contributed by atoms with Gasteiger partial charge in [-0.15, -0.1) is 0 Å². The van der Waals surface area contributed by atoms with Crippen LogP contribution in [0.5, 0.6) is 0 Å². The van der Waals surface area contributed by atoms with Crippen molar-refractivity contribution < 1.29 is 33.9 Å². The van der Waals surface area contributed by atoms with Gasteiger partial charge in [0.2, 0.25) is 29.5 Å². The third-order valence-electron chi connectivity index (χ3n) is 5.23. The largest absolute Gasteiger partial charge is 0.480 e. The Balaban J connectivity index is 2.71. The summed E-state index contributed by atoms with van der Waals surface area (Å²) >= 11 is 0. The molecule has 12 heteroatoms. The molecule has 186 valence electrons. The van der Waals surface area contributed by atoms with Gasteiger partial charge in [0.1, 0.15) is 24.7 Å². The molecule has 0 saturated carbocycles. The van der Waals surface area contributed by atoms with Crippen LogP contribution in [0.25, 0.3) is 0 Å². The van der Waals surface area contributed by atoms with E-state index in [0.717, 1.165) is 0 Å². The fraction of sp³-hybridized carbons (Fsp3) is 0.714. The first-order valence-corrected chi connectivity index (χ1v) is 11.0. The Morgan fingerprint density at radius 3 is 2.03 bits per heavy atom. The minimum atomic E-state index is -1.21. The molecule has 12 nitrogen and oxygen atoms in total. The summed E-state index contributed by atoms with van der Waals surface area (Å²) in [4.78, 5) is 73.6. The molecule has 1 saturated heterocycles. The molecular weight excluding hydrogens is 434 g/mol. The summed E-state index contributed by atoms with van der Waals surface area (Å²) in [6.45, 7) is 7.67. The maximum atomic E-state index is 12.9. The number of nitrogens with one attached hydrogen (secondary N) is 4. The van der Waals surface area contributed by atoms with Crippen molar-refractivity contribution in [2.45, 2.75) is 65.6 Å². The third-order valence-corrected chi connectivity index (χ3v) is 5.23. The molecule has 1 rings (SSSR count). The molecule has 3 atom stereocenters. The first kappa shape index (κ1) is 27.9. The molecule has 0 aromatic rings. The number of hydrogen-bond acceptors (Lipinski definition) is 6. The molecule has 5 N–H and O–H groups in total. The van der Waals surface area contributed by atoms with Crippen LogP contribution in [0.15, 0.2) is 0 Å². The van der Waals surface area contributed by atoms with Crippen molar-refractivity contribution in [3.05, 3.63) is 0 Å². The number of carboxylic acids is 1. The maximum absolute atomic E-state index is 12.9. The Bertz CT molecular complexity index is 768. The zero-order valence-corrected chi connectivity index (χ0v) is 19.8. The van der Waals surface area contributed by atoms with Crippen LogP contribution in [0, 0.1) is 11.8 Å². The van der Waals surface area contributed by atoms with Gasteiger partial charge in [0.15, 0.2) is 0 Å². The van der Waals surface area contributed by atoms with E-state index in [9.17, 15) is 28.8 Å². The van der Waals surface area contributed by atoms with Gasteiger partial charge in [0.05, 0.1) is 6.54 Å². The smallest absolute Gasteiger partial charge is 0.322 e. The van der Waals surface area contributed by atoms with Crippen molar-refractivity contribution in [1.82, 2.24) is 26.2 Å². The highest BCUT2D eigenvalue weighted by atomic mass is 16.4. The summed E-state index contributed by atoms with van der Waals surface area (Å²) in [5.74, 6) is -4.15. The number of carboxylic acid groups (broad SMARTS) is 1. The lowest BCUT2D eigenvalue weighted by molar-refractivity contribution is -0.142. The van der Waals surface area contributed by atoms with Gasteiger partial charge in [-0.1, -0.05) is 27.7 Å². The number of nitrogens with zero attached hydrogens (tertiary/aromatic N) is 1. The van der Waals surface area contributed by atoms with Crippen molar-refractivity contribution in [3.8, 4) is 0 Å². The van der Waals surface area contributed by atoms with Gasteiger partial charge in [-0.25, -0.2) is 0 Å². The first-order valence-electron chi connectivity index (χ1n) is 11.0. The summed E-state index contributed by atoms with van der Waals surface area (Å²) in [5.41, 5.74) is 0. The number of hydrogen-bond donors (Lipinski definition) is 5. The molecule has 0 spiro atoms. The minimum Gasteiger partial charge on any atom is -0.480 e. The molecule has 0 unspecified atom stereocenters. The number of carbonyl (C=O) groups excluding carboxylic acids is 5. The van der Waals surface area contributed by atoms with E-state index in [2.05, 4.69) is 21.3 Å². The van der Waals surface area contributed by atoms with Crippen LogP contribution in [-0.4, -0.2) is 83.3 Å². The van der Waals surface area contributed by atoms with E-state index < -0.39 is 54.9 Å². The number of rotatable bonds is 11. The van der Waals surface area contributed by atoms with Crippen molar-refractivity contribution in [1.29, 1.82) is 0 Å². The topological polar surface area (TPSA) is 174 Å². The Morgan fingerprint density at radius 1 is 0.909 bits per heavy atom. The molecule has 33 heavy (non-hydrogen) atoms. The number of amides is 5.